The second-order valence-electron chi connectivity index (χ2n) is 9.51. The molecule has 27 heavy (non-hydrogen) atoms. The van der Waals surface area contributed by atoms with Crippen LogP contribution in [0.2, 0.25) is 0 Å². The Labute approximate surface area is 163 Å². The van der Waals surface area contributed by atoms with Crippen molar-refractivity contribution in [1.29, 1.82) is 0 Å². The van der Waals surface area contributed by atoms with Crippen molar-refractivity contribution in [2.24, 2.45) is 11.8 Å². The van der Waals surface area contributed by atoms with Crippen LogP contribution in [-0.4, -0.2) is 99.9 Å². The number of ether oxygens (including phenoxy) is 4. The summed E-state index contributed by atoms with van der Waals surface area (Å²) in [6, 6.07) is 0. The molecule has 6 nitrogen and oxygen atoms in total. The first-order chi connectivity index (χ1) is 13.3. The third-order valence-corrected chi connectivity index (χ3v) is 6.63. The average Bonchev–Trinajstić information content (AvgIpc) is 3.44. The highest BCUT2D eigenvalue weighted by Crippen LogP contribution is 2.31. The number of hydrogen-bond donors (Lipinski definition) is 0. The molecule has 0 aromatic rings. The van der Waals surface area contributed by atoms with E-state index in [0.717, 1.165) is 64.4 Å². The van der Waals surface area contributed by atoms with E-state index in [-0.39, 0.29) is 0 Å². The molecule has 154 valence electrons. The van der Waals surface area contributed by atoms with Crippen molar-refractivity contribution in [3.8, 4) is 0 Å². The van der Waals surface area contributed by atoms with Crippen LogP contribution in [0.5, 0.6) is 0 Å². The lowest BCUT2D eigenvalue weighted by molar-refractivity contribution is 0.155. The van der Waals surface area contributed by atoms with Gasteiger partial charge in [0.05, 0.1) is 50.8 Å². The second kappa shape index (κ2) is 8.64. The Morgan fingerprint density at radius 2 is 0.852 bits per heavy atom. The molecule has 0 aromatic carbocycles. The van der Waals surface area contributed by atoms with Gasteiger partial charge in [-0.25, -0.2) is 0 Å². The van der Waals surface area contributed by atoms with Crippen molar-refractivity contribution < 1.29 is 18.9 Å². The van der Waals surface area contributed by atoms with E-state index in [1.165, 1.54) is 45.2 Å². The van der Waals surface area contributed by atoms with Gasteiger partial charge in [-0.1, -0.05) is 12.8 Å². The predicted molar refractivity (Wildman–Crippen MR) is 102 cm³/mol. The molecule has 1 aliphatic carbocycles. The minimum atomic E-state index is 0.484. The lowest BCUT2D eigenvalue weighted by atomic mass is 9.92. The third-order valence-electron chi connectivity index (χ3n) is 6.63. The topological polar surface area (TPSA) is 56.6 Å². The minimum absolute atomic E-state index is 0.484. The monoisotopic (exact) mass is 380 g/mol. The molecule has 0 aromatic heterocycles. The summed E-state index contributed by atoms with van der Waals surface area (Å²) in [5, 5.41) is 0. The van der Waals surface area contributed by atoms with Crippen LogP contribution in [0.3, 0.4) is 0 Å². The van der Waals surface area contributed by atoms with Crippen LogP contribution in [-0.2, 0) is 18.9 Å². The Morgan fingerprint density at radius 3 is 1.15 bits per heavy atom. The summed E-state index contributed by atoms with van der Waals surface area (Å²) in [6.45, 7) is 10.7. The van der Waals surface area contributed by atoms with Crippen molar-refractivity contribution in [2.75, 3.05) is 65.7 Å². The van der Waals surface area contributed by atoms with Gasteiger partial charge in [0, 0.05) is 39.3 Å². The number of rotatable bonds is 12. The maximum atomic E-state index is 5.50. The van der Waals surface area contributed by atoms with Gasteiger partial charge < -0.3 is 18.9 Å². The van der Waals surface area contributed by atoms with Crippen molar-refractivity contribution in [1.82, 2.24) is 9.80 Å². The maximum absolute atomic E-state index is 5.50. The molecule has 6 unspecified atom stereocenters. The SMILES string of the molecule is C1CCC(CN(CC2CO2)CC2CO2)CC(CN(CC2CO2)CC2CO2)C1. The molecule has 5 fully saturated rings. The summed E-state index contributed by atoms with van der Waals surface area (Å²) >= 11 is 0. The van der Waals surface area contributed by atoms with E-state index in [2.05, 4.69) is 9.80 Å². The summed E-state index contributed by atoms with van der Waals surface area (Å²) in [4.78, 5) is 5.27. The zero-order valence-electron chi connectivity index (χ0n) is 16.6. The largest absolute Gasteiger partial charge is 0.372 e. The van der Waals surface area contributed by atoms with Gasteiger partial charge in [-0.05, 0) is 31.1 Å². The van der Waals surface area contributed by atoms with Crippen molar-refractivity contribution >= 4 is 0 Å². The van der Waals surface area contributed by atoms with Crippen LogP contribution in [0.4, 0.5) is 0 Å². The molecule has 1 saturated carbocycles. The van der Waals surface area contributed by atoms with E-state index >= 15 is 0 Å². The van der Waals surface area contributed by atoms with Crippen LogP contribution in [0, 0.1) is 11.8 Å². The van der Waals surface area contributed by atoms with E-state index in [4.69, 9.17) is 18.9 Å². The second-order valence-corrected chi connectivity index (χ2v) is 9.51. The molecule has 4 saturated heterocycles. The Bertz CT molecular complexity index is 407. The van der Waals surface area contributed by atoms with Crippen LogP contribution < -0.4 is 0 Å². The van der Waals surface area contributed by atoms with E-state index in [9.17, 15) is 0 Å². The molecule has 6 heteroatoms. The van der Waals surface area contributed by atoms with Gasteiger partial charge in [-0.2, -0.15) is 0 Å². The lowest BCUT2D eigenvalue weighted by Gasteiger charge is -2.30. The van der Waals surface area contributed by atoms with Crippen molar-refractivity contribution in [2.45, 2.75) is 56.5 Å². The molecule has 0 N–H and O–H groups in total. The van der Waals surface area contributed by atoms with Gasteiger partial charge in [0.15, 0.2) is 0 Å². The van der Waals surface area contributed by atoms with Crippen LogP contribution in [0.25, 0.3) is 0 Å². The average molecular weight is 381 g/mol. The van der Waals surface area contributed by atoms with E-state index in [0.29, 0.717) is 24.4 Å². The Hall–Kier alpha value is -0.240. The van der Waals surface area contributed by atoms with E-state index in [1.54, 1.807) is 0 Å². The number of epoxide rings is 4. The van der Waals surface area contributed by atoms with Gasteiger partial charge >= 0.3 is 0 Å². The summed E-state index contributed by atoms with van der Waals surface area (Å²) < 4.78 is 22.0. The fraction of sp³-hybridized carbons (Fsp3) is 1.00. The first-order valence-electron chi connectivity index (χ1n) is 11.2. The van der Waals surface area contributed by atoms with Crippen molar-refractivity contribution in [3.63, 3.8) is 0 Å². The fourth-order valence-electron chi connectivity index (χ4n) is 4.93. The van der Waals surface area contributed by atoms with E-state index < -0.39 is 0 Å². The smallest absolute Gasteiger partial charge is 0.0936 e. The Balaban J connectivity index is 1.13. The molecule has 6 atom stereocenters. The summed E-state index contributed by atoms with van der Waals surface area (Å²) in [5.41, 5.74) is 0. The first kappa shape index (κ1) is 18.8. The van der Waals surface area contributed by atoms with Gasteiger partial charge in [0.25, 0.3) is 0 Å². The molecular formula is C21H36N2O4. The highest BCUT2D eigenvalue weighted by atomic mass is 16.6. The molecule has 0 bridgehead atoms. The highest BCUT2D eigenvalue weighted by Gasteiger charge is 2.34. The summed E-state index contributed by atoms with van der Waals surface area (Å²) in [5.74, 6) is 1.65. The molecule has 4 heterocycles. The zero-order valence-corrected chi connectivity index (χ0v) is 16.6. The van der Waals surface area contributed by atoms with E-state index in [1.807, 2.05) is 0 Å². The zero-order chi connectivity index (χ0) is 18.1. The van der Waals surface area contributed by atoms with Gasteiger partial charge in [-0.15, -0.1) is 0 Å². The fourth-order valence-corrected chi connectivity index (χ4v) is 4.93. The molecule has 5 aliphatic rings. The molecule has 5 rings (SSSR count). The van der Waals surface area contributed by atoms with Crippen LogP contribution in [0.15, 0.2) is 0 Å². The first-order valence-corrected chi connectivity index (χ1v) is 11.2. The quantitative estimate of drug-likeness (QED) is 0.377. The summed E-state index contributed by atoms with van der Waals surface area (Å²) in [7, 11) is 0. The number of hydrogen-bond acceptors (Lipinski definition) is 6. The van der Waals surface area contributed by atoms with Gasteiger partial charge in [0.2, 0.25) is 0 Å². The molecule has 0 amide bonds. The molecule has 0 radical (unpaired) electrons. The Kier molecular flexibility index (Phi) is 6.00. The maximum Gasteiger partial charge on any atom is 0.0936 e. The third kappa shape index (κ3) is 6.65. The summed E-state index contributed by atoms with van der Waals surface area (Å²) in [6.07, 6.45) is 8.88. The minimum Gasteiger partial charge on any atom is -0.372 e. The van der Waals surface area contributed by atoms with Crippen LogP contribution in [0.1, 0.15) is 32.1 Å². The highest BCUT2D eigenvalue weighted by molar-refractivity contribution is 4.85. The Morgan fingerprint density at radius 1 is 0.519 bits per heavy atom. The molecular weight excluding hydrogens is 344 g/mol. The standard InChI is InChI=1S/C21H36N2O4/c1-2-4-17(7-23(10-20-14-26-20)11-21-15-27-21)5-16(3-1)6-22(8-18-12-24-18)9-19-13-25-19/h16-21H,1-15H2. The lowest BCUT2D eigenvalue weighted by Crippen LogP contribution is -2.38. The number of nitrogens with zero attached hydrogens (tertiary/aromatic N) is 2. The van der Waals surface area contributed by atoms with Crippen molar-refractivity contribution in [3.05, 3.63) is 0 Å². The van der Waals surface area contributed by atoms with Crippen LogP contribution >= 0.6 is 0 Å². The predicted octanol–water partition coefficient (Wildman–Crippen LogP) is 1.38. The van der Waals surface area contributed by atoms with Gasteiger partial charge in [-0.3, -0.25) is 9.80 Å². The molecule has 4 aliphatic heterocycles. The van der Waals surface area contributed by atoms with Gasteiger partial charge in [0.1, 0.15) is 0 Å². The normalized spacial score (nSPS) is 40.2. The molecule has 0 spiro atoms.